The van der Waals surface area contributed by atoms with E-state index in [9.17, 15) is 9.90 Å². The van der Waals surface area contributed by atoms with Crippen LogP contribution in [0.15, 0.2) is 29.2 Å². The molecule has 1 fully saturated rings. The first-order valence-electron chi connectivity index (χ1n) is 6.15. The van der Waals surface area contributed by atoms with Crippen LogP contribution in [0.25, 0.3) is 0 Å². The minimum Gasteiger partial charge on any atom is -0.381 e. The predicted molar refractivity (Wildman–Crippen MR) is 75.3 cm³/mol. The Morgan fingerprint density at radius 3 is 2.53 bits per heavy atom. The Balaban J connectivity index is 2.08. The van der Waals surface area contributed by atoms with Crippen LogP contribution < -0.4 is 0 Å². The Labute approximate surface area is 117 Å². The van der Waals surface area contributed by atoms with Gasteiger partial charge >= 0.3 is 0 Å². The zero-order chi connectivity index (χ0) is 13.7. The van der Waals surface area contributed by atoms with E-state index in [2.05, 4.69) is 11.8 Å². The molecule has 1 N–H and O–H groups in total. The maximum atomic E-state index is 11.9. The second-order valence-electron chi connectivity index (χ2n) is 4.45. The fraction of sp³-hybridized carbons (Fsp3) is 0.400. The fourth-order valence-electron chi connectivity index (χ4n) is 1.82. The number of hydrogen-bond donors (Lipinski definition) is 1. The molecule has 4 heteroatoms. The highest BCUT2D eigenvalue weighted by molar-refractivity contribution is 7.98. The third-order valence-corrected chi connectivity index (χ3v) is 3.82. The summed E-state index contributed by atoms with van der Waals surface area (Å²) in [5, 5.41) is 10.1. The summed E-state index contributed by atoms with van der Waals surface area (Å²) in [6.07, 6.45) is 2.90. The molecule has 0 atom stereocenters. The minimum atomic E-state index is -1.08. The Bertz CT molecular complexity index is 504. The normalized spacial score (nSPS) is 17.4. The summed E-state index contributed by atoms with van der Waals surface area (Å²) in [4.78, 5) is 13.0. The molecule has 1 aromatic rings. The molecule has 19 heavy (non-hydrogen) atoms. The number of ketones is 1. The van der Waals surface area contributed by atoms with Gasteiger partial charge in [0, 0.05) is 23.3 Å². The molecule has 0 spiro atoms. The van der Waals surface area contributed by atoms with Crippen LogP contribution in [-0.4, -0.2) is 36.0 Å². The van der Waals surface area contributed by atoms with E-state index in [-0.39, 0.29) is 5.78 Å². The van der Waals surface area contributed by atoms with E-state index in [1.165, 1.54) is 0 Å². The molecule has 1 aliphatic rings. The molecule has 0 aromatic heterocycles. The number of carbonyl (C=O) groups excluding carboxylic acids is 1. The standard InChI is InChI=1S/C15H16O3S/c1-19-13-4-2-12(3-5-13)14(16)6-7-15(17)8-10-18-11-9-15/h2-5,17H,8-11H2,1H3. The van der Waals surface area contributed by atoms with Gasteiger partial charge in [-0.1, -0.05) is 5.92 Å². The third kappa shape index (κ3) is 3.84. The van der Waals surface area contributed by atoms with Crippen molar-refractivity contribution in [2.45, 2.75) is 23.3 Å². The highest BCUT2D eigenvalue weighted by Crippen LogP contribution is 2.19. The van der Waals surface area contributed by atoms with Gasteiger partial charge in [-0.05, 0) is 36.4 Å². The van der Waals surface area contributed by atoms with Crippen molar-refractivity contribution in [3.8, 4) is 11.8 Å². The number of benzene rings is 1. The Kier molecular flexibility index (Phi) is 4.65. The van der Waals surface area contributed by atoms with Crippen molar-refractivity contribution in [1.29, 1.82) is 0 Å². The topological polar surface area (TPSA) is 46.5 Å². The summed E-state index contributed by atoms with van der Waals surface area (Å²) < 4.78 is 5.17. The van der Waals surface area contributed by atoms with Gasteiger partial charge in [0.1, 0.15) is 5.60 Å². The lowest BCUT2D eigenvalue weighted by Gasteiger charge is -2.26. The SMILES string of the molecule is CSc1ccc(C(=O)C#CC2(O)CCOCC2)cc1. The predicted octanol–water partition coefficient (Wildman–Crippen LogP) is 2.14. The first kappa shape index (κ1) is 14.1. The number of carbonyl (C=O) groups is 1. The monoisotopic (exact) mass is 276 g/mol. The quantitative estimate of drug-likeness (QED) is 0.389. The molecule has 0 aliphatic carbocycles. The van der Waals surface area contributed by atoms with Crippen LogP contribution in [-0.2, 0) is 4.74 Å². The van der Waals surface area contributed by atoms with Gasteiger partial charge in [-0.25, -0.2) is 0 Å². The van der Waals surface area contributed by atoms with Gasteiger partial charge in [0.15, 0.2) is 0 Å². The summed E-state index contributed by atoms with van der Waals surface area (Å²) in [5.74, 6) is 4.98. The van der Waals surface area contributed by atoms with Crippen molar-refractivity contribution >= 4 is 17.5 Å². The van der Waals surface area contributed by atoms with Crippen molar-refractivity contribution in [1.82, 2.24) is 0 Å². The molecule has 3 nitrogen and oxygen atoms in total. The summed E-state index contributed by atoms with van der Waals surface area (Å²) in [6.45, 7) is 0.976. The maximum absolute atomic E-state index is 11.9. The van der Waals surface area contributed by atoms with E-state index in [1.807, 2.05) is 18.4 Å². The Morgan fingerprint density at radius 2 is 1.95 bits per heavy atom. The molecule has 0 saturated carbocycles. The van der Waals surface area contributed by atoms with Crippen LogP contribution in [0, 0.1) is 11.8 Å². The van der Waals surface area contributed by atoms with Crippen LogP contribution in [0.1, 0.15) is 23.2 Å². The lowest BCUT2D eigenvalue weighted by atomic mass is 9.95. The van der Waals surface area contributed by atoms with E-state index in [1.54, 1.807) is 23.9 Å². The molecule has 1 saturated heterocycles. The van der Waals surface area contributed by atoms with Crippen molar-refractivity contribution in [3.63, 3.8) is 0 Å². The molecule has 0 unspecified atom stereocenters. The zero-order valence-corrected chi connectivity index (χ0v) is 11.6. The van der Waals surface area contributed by atoms with Crippen molar-refractivity contribution < 1.29 is 14.6 Å². The molecule has 100 valence electrons. The summed E-state index contributed by atoms with van der Waals surface area (Å²) in [6, 6.07) is 7.30. The van der Waals surface area contributed by atoms with Crippen molar-refractivity contribution in [2.75, 3.05) is 19.5 Å². The molecule has 2 rings (SSSR count). The van der Waals surface area contributed by atoms with Gasteiger partial charge in [0.2, 0.25) is 5.78 Å². The van der Waals surface area contributed by atoms with E-state index < -0.39 is 5.60 Å². The third-order valence-electron chi connectivity index (χ3n) is 3.08. The lowest BCUT2D eigenvalue weighted by Crippen LogP contribution is -2.34. The van der Waals surface area contributed by atoms with Crippen molar-refractivity contribution in [2.24, 2.45) is 0 Å². The van der Waals surface area contributed by atoms with E-state index in [0.717, 1.165) is 4.90 Å². The first-order chi connectivity index (χ1) is 9.13. The van der Waals surface area contributed by atoms with Crippen LogP contribution >= 0.6 is 11.8 Å². The molecular formula is C15H16O3S. The Hall–Kier alpha value is -1.28. The minimum absolute atomic E-state index is 0.257. The lowest BCUT2D eigenvalue weighted by molar-refractivity contribution is -0.0262. The maximum Gasteiger partial charge on any atom is 0.235 e. The zero-order valence-electron chi connectivity index (χ0n) is 10.8. The van der Waals surface area contributed by atoms with Gasteiger partial charge in [-0.15, -0.1) is 11.8 Å². The molecule has 0 bridgehead atoms. The van der Waals surface area contributed by atoms with Gasteiger partial charge < -0.3 is 9.84 Å². The number of thioether (sulfide) groups is 1. The number of hydrogen-bond acceptors (Lipinski definition) is 4. The van der Waals surface area contributed by atoms with Gasteiger partial charge in [0.05, 0.1) is 13.2 Å². The van der Waals surface area contributed by atoms with E-state index in [4.69, 9.17) is 4.74 Å². The van der Waals surface area contributed by atoms with Gasteiger partial charge in [-0.3, -0.25) is 4.79 Å². The largest absolute Gasteiger partial charge is 0.381 e. The molecule has 1 aliphatic heterocycles. The number of ether oxygens (including phenoxy) is 1. The summed E-state index contributed by atoms with van der Waals surface area (Å²) in [5.41, 5.74) is -0.520. The molecular weight excluding hydrogens is 260 g/mol. The molecule has 0 amide bonds. The summed E-state index contributed by atoms with van der Waals surface area (Å²) >= 11 is 1.62. The van der Waals surface area contributed by atoms with Gasteiger partial charge in [0.25, 0.3) is 0 Å². The number of aliphatic hydroxyl groups is 1. The van der Waals surface area contributed by atoms with E-state index in [0.29, 0.717) is 31.6 Å². The molecule has 1 heterocycles. The van der Waals surface area contributed by atoms with Crippen LogP contribution in [0.4, 0.5) is 0 Å². The Morgan fingerprint density at radius 1 is 1.32 bits per heavy atom. The van der Waals surface area contributed by atoms with Crippen molar-refractivity contribution in [3.05, 3.63) is 29.8 Å². The highest BCUT2D eigenvalue weighted by Gasteiger charge is 2.27. The second-order valence-corrected chi connectivity index (χ2v) is 5.33. The smallest absolute Gasteiger partial charge is 0.235 e. The average Bonchev–Trinajstić information content (AvgIpc) is 2.46. The van der Waals surface area contributed by atoms with E-state index >= 15 is 0 Å². The second kappa shape index (κ2) is 6.25. The van der Waals surface area contributed by atoms with Crippen LogP contribution in [0.5, 0.6) is 0 Å². The number of rotatable bonds is 2. The molecule has 1 aromatic carbocycles. The van der Waals surface area contributed by atoms with Gasteiger partial charge in [-0.2, -0.15) is 0 Å². The number of Topliss-reactive ketones (excluding diaryl/α,β-unsaturated/α-hetero) is 1. The molecule has 0 radical (unpaired) electrons. The van der Waals surface area contributed by atoms with Crippen LogP contribution in [0.2, 0.25) is 0 Å². The highest BCUT2D eigenvalue weighted by atomic mass is 32.2. The summed E-state index contributed by atoms with van der Waals surface area (Å²) in [7, 11) is 0. The first-order valence-corrected chi connectivity index (χ1v) is 7.37. The average molecular weight is 276 g/mol. The van der Waals surface area contributed by atoms with Crippen LogP contribution in [0.3, 0.4) is 0 Å². The fourth-order valence-corrected chi connectivity index (χ4v) is 2.23.